The number of nitrogens with one attached hydrogen (secondary N) is 1. The van der Waals surface area contributed by atoms with E-state index in [-0.39, 0.29) is 11.4 Å². The number of hydrogen-bond acceptors (Lipinski definition) is 3. The Morgan fingerprint density at radius 2 is 1.85 bits per heavy atom. The molecule has 0 saturated heterocycles. The molecular formula is C15H14N2O3. The molecule has 2 aromatic carbocycles. The molecule has 2 aromatic rings. The lowest BCUT2D eigenvalue weighted by atomic mass is 10.1. The summed E-state index contributed by atoms with van der Waals surface area (Å²) in [5.41, 5.74) is 7.11. The predicted octanol–water partition coefficient (Wildman–Crippen LogP) is 2.25. The van der Waals surface area contributed by atoms with Crippen LogP contribution in [0.5, 0.6) is 5.75 Å². The maximum absolute atomic E-state index is 10.7. The molecule has 0 amide bonds. The van der Waals surface area contributed by atoms with Gasteiger partial charge in [0.1, 0.15) is 18.2 Å². The van der Waals surface area contributed by atoms with E-state index in [2.05, 4.69) is 0 Å². The maximum Gasteiger partial charge on any atom is 0.335 e. The lowest BCUT2D eigenvalue weighted by Gasteiger charge is -2.08. The summed E-state index contributed by atoms with van der Waals surface area (Å²) >= 11 is 0. The number of nitrogen functional groups attached to an aromatic ring is 1. The number of nitrogens with two attached hydrogens (primary N) is 1. The van der Waals surface area contributed by atoms with E-state index in [9.17, 15) is 4.79 Å². The van der Waals surface area contributed by atoms with Crippen molar-refractivity contribution in [3.8, 4) is 5.75 Å². The number of hydrogen-bond donors (Lipinski definition) is 3. The number of amidine groups is 1. The minimum Gasteiger partial charge on any atom is -0.489 e. The predicted molar refractivity (Wildman–Crippen MR) is 75.2 cm³/mol. The fraction of sp³-hybridized carbons (Fsp3) is 0.0667. The zero-order chi connectivity index (χ0) is 14.5. The van der Waals surface area contributed by atoms with Gasteiger partial charge in [-0.2, -0.15) is 0 Å². The SMILES string of the molecule is N=C(N)c1cccc(OCc2ccc(C(=O)O)cc2)c1. The molecule has 0 spiro atoms. The van der Waals surface area contributed by atoms with Gasteiger partial charge in [0.2, 0.25) is 0 Å². The van der Waals surface area contributed by atoms with Crippen molar-refractivity contribution in [2.24, 2.45) is 5.73 Å². The maximum atomic E-state index is 10.7. The third-order valence-corrected chi connectivity index (χ3v) is 2.75. The number of rotatable bonds is 5. The van der Waals surface area contributed by atoms with Crippen LogP contribution in [0.4, 0.5) is 0 Å². The normalized spacial score (nSPS) is 10.0. The standard InChI is InChI=1S/C15H14N2O3/c16-14(17)12-2-1-3-13(8-12)20-9-10-4-6-11(7-5-10)15(18)19/h1-8H,9H2,(H3,16,17)(H,18,19). The first kappa shape index (κ1) is 13.6. The van der Waals surface area contributed by atoms with Crippen molar-refractivity contribution in [1.82, 2.24) is 0 Å². The van der Waals surface area contributed by atoms with Crippen molar-refractivity contribution in [2.75, 3.05) is 0 Å². The first-order valence-corrected chi connectivity index (χ1v) is 5.96. The summed E-state index contributed by atoms with van der Waals surface area (Å²) in [6.45, 7) is 0.321. The first-order chi connectivity index (χ1) is 9.56. The smallest absolute Gasteiger partial charge is 0.335 e. The quantitative estimate of drug-likeness (QED) is 0.573. The number of benzene rings is 2. The van der Waals surface area contributed by atoms with Crippen molar-refractivity contribution >= 4 is 11.8 Å². The van der Waals surface area contributed by atoms with Crippen molar-refractivity contribution < 1.29 is 14.6 Å². The van der Waals surface area contributed by atoms with E-state index < -0.39 is 5.97 Å². The van der Waals surface area contributed by atoms with Crippen LogP contribution in [0.15, 0.2) is 48.5 Å². The van der Waals surface area contributed by atoms with Gasteiger partial charge >= 0.3 is 5.97 Å². The van der Waals surface area contributed by atoms with Crippen molar-refractivity contribution in [2.45, 2.75) is 6.61 Å². The molecule has 0 saturated carbocycles. The van der Waals surface area contributed by atoms with E-state index >= 15 is 0 Å². The van der Waals surface area contributed by atoms with Gasteiger partial charge in [-0.1, -0.05) is 24.3 Å². The van der Waals surface area contributed by atoms with E-state index in [0.29, 0.717) is 17.9 Å². The fourth-order valence-corrected chi connectivity index (χ4v) is 1.66. The summed E-state index contributed by atoms with van der Waals surface area (Å²) in [6.07, 6.45) is 0. The lowest BCUT2D eigenvalue weighted by Crippen LogP contribution is -2.10. The molecule has 0 aliphatic carbocycles. The number of carbonyl (C=O) groups is 1. The van der Waals surface area contributed by atoms with E-state index in [1.54, 1.807) is 36.4 Å². The molecule has 5 nitrogen and oxygen atoms in total. The van der Waals surface area contributed by atoms with Crippen LogP contribution in [0.25, 0.3) is 0 Å². The zero-order valence-corrected chi connectivity index (χ0v) is 10.7. The average molecular weight is 270 g/mol. The number of carboxylic acids is 1. The highest BCUT2D eigenvalue weighted by atomic mass is 16.5. The highest BCUT2D eigenvalue weighted by molar-refractivity contribution is 5.95. The first-order valence-electron chi connectivity index (χ1n) is 5.96. The van der Waals surface area contributed by atoms with Gasteiger partial charge < -0.3 is 15.6 Å². The van der Waals surface area contributed by atoms with E-state index in [0.717, 1.165) is 5.56 Å². The Labute approximate surface area is 116 Å². The van der Waals surface area contributed by atoms with Crippen LogP contribution in [0.1, 0.15) is 21.5 Å². The Balaban J connectivity index is 2.03. The van der Waals surface area contributed by atoms with Gasteiger partial charge in [0.15, 0.2) is 0 Å². The second-order valence-electron chi connectivity index (χ2n) is 4.23. The van der Waals surface area contributed by atoms with Crippen LogP contribution in [0.2, 0.25) is 0 Å². The van der Waals surface area contributed by atoms with Gasteiger partial charge in [-0.15, -0.1) is 0 Å². The van der Waals surface area contributed by atoms with Gasteiger partial charge in [0.05, 0.1) is 5.56 Å². The molecule has 0 bridgehead atoms. The third-order valence-electron chi connectivity index (χ3n) is 2.75. The molecule has 0 unspecified atom stereocenters. The Bertz CT molecular complexity index is 636. The molecule has 0 fully saturated rings. The molecule has 102 valence electrons. The van der Waals surface area contributed by atoms with Crippen LogP contribution >= 0.6 is 0 Å². The molecule has 0 aliphatic heterocycles. The van der Waals surface area contributed by atoms with E-state index in [4.69, 9.17) is 21.0 Å². The molecule has 0 aliphatic rings. The largest absolute Gasteiger partial charge is 0.489 e. The topological polar surface area (TPSA) is 96.4 Å². The summed E-state index contributed by atoms with van der Waals surface area (Å²) in [4.78, 5) is 10.7. The van der Waals surface area contributed by atoms with Gasteiger partial charge in [-0.05, 0) is 29.8 Å². The van der Waals surface area contributed by atoms with Crippen LogP contribution in [-0.2, 0) is 6.61 Å². The van der Waals surface area contributed by atoms with Crippen LogP contribution < -0.4 is 10.5 Å². The second-order valence-corrected chi connectivity index (χ2v) is 4.23. The fourth-order valence-electron chi connectivity index (χ4n) is 1.66. The minimum absolute atomic E-state index is 0.0127. The number of ether oxygens (including phenoxy) is 1. The Hall–Kier alpha value is -2.82. The van der Waals surface area contributed by atoms with Gasteiger partial charge in [0, 0.05) is 5.56 Å². The van der Waals surface area contributed by atoms with Crippen LogP contribution in [0, 0.1) is 5.41 Å². The molecule has 0 aromatic heterocycles. The van der Waals surface area contributed by atoms with E-state index in [1.165, 1.54) is 12.1 Å². The number of carboxylic acid groups (broad SMARTS) is 1. The minimum atomic E-state index is -0.952. The molecule has 20 heavy (non-hydrogen) atoms. The summed E-state index contributed by atoms with van der Waals surface area (Å²) < 4.78 is 5.58. The Morgan fingerprint density at radius 1 is 1.15 bits per heavy atom. The molecule has 0 atom stereocenters. The second kappa shape index (κ2) is 5.88. The van der Waals surface area contributed by atoms with Crippen LogP contribution in [-0.4, -0.2) is 16.9 Å². The molecular weight excluding hydrogens is 256 g/mol. The Kier molecular flexibility index (Phi) is 4.00. The molecule has 2 rings (SSSR count). The molecule has 0 radical (unpaired) electrons. The van der Waals surface area contributed by atoms with Crippen molar-refractivity contribution in [3.63, 3.8) is 0 Å². The van der Waals surface area contributed by atoms with Crippen LogP contribution in [0.3, 0.4) is 0 Å². The van der Waals surface area contributed by atoms with E-state index in [1.807, 2.05) is 0 Å². The average Bonchev–Trinajstić information content (AvgIpc) is 2.46. The Morgan fingerprint density at radius 3 is 2.45 bits per heavy atom. The zero-order valence-electron chi connectivity index (χ0n) is 10.7. The summed E-state index contributed by atoms with van der Waals surface area (Å²) in [5, 5.41) is 16.2. The lowest BCUT2D eigenvalue weighted by molar-refractivity contribution is 0.0697. The summed E-state index contributed by atoms with van der Waals surface area (Å²) in [7, 11) is 0. The molecule has 4 N–H and O–H groups in total. The highest BCUT2D eigenvalue weighted by Crippen LogP contribution is 2.15. The van der Waals surface area contributed by atoms with Gasteiger partial charge in [0.25, 0.3) is 0 Å². The summed E-state index contributed by atoms with van der Waals surface area (Å²) in [6, 6.07) is 13.4. The van der Waals surface area contributed by atoms with Gasteiger partial charge in [-0.25, -0.2) is 4.79 Å². The van der Waals surface area contributed by atoms with Crippen molar-refractivity contribution in [1.29, 1.82) is 5.41 Å². The van der Waals surface area contributed by atoms with Gasteiger partial charge in [-0.3, -0.25) is 5.41 Å². The molecule has 5 heteroatoms. The highest BCUT2D eigenvalue weighted by Gasteiger charge is 2.03. The molecule has 0 heterocycles. The summed E-state index contributed by atoms with van der Waals surface area (Å²) in [5.74, 6) is -0.354. The van der Waals surface area contributed by atoms with Crippen molar-refractivity contribution in [3.05, 3.63) is 65.2 Å². The number of aromatic carboxylic acids is 1. The third kappa shape index (κ3) is 3.35. The monoisotopic (exact) mass is 270 g/mol.